The van der Waals surface area contributed by atoms with Crippen LogP contribution >= 0.6 is 0 Å². The highest BCUT2D eigenvalue weighted by molar-refractivity contribution is 5.94. The summed E-state index contributed by atoms with van der Waals surface area (Å²) >= 11 is 0. The third kappa shape index (κ3) is 5.35. The lowest BCUT2D eigenvalue weighted by Gasteiger charge is -2.18. The zero-order valence-electron chi connectivity index (χ0n) is 17.6. The molecular formula is C24H28N4O2. The number of carbonyl (C=O) groups excluding carboxylic acids is 2. The Bertz CT molecular complexity index is 996. The zero-order chi connectivity index (χ0) is 21.5. The molecule has 1 heterocycles. The topological polar surface area (TPSA) is 76.0 Å². The van der Waals surface area contributed by atoms with E-state index >= 15 is 0 Å². The highest BCUT2D eigenvalue weighted by atomic mass is 16.2. The molecule has 6 heteroatoms. The number of nitrogens with zero attached hydrogens (tertiary/aromatic N) is 2. The minimum atomic E-state index is -0.206. The van der Waals surface area contributed by atoms with Crippen molar-refractivity contribution in [1.29, 1.82) is 0 Å². The van der Waals surface area contributed by atoms with E-state index in [-0.39, 0.29) is 30.7 Å². The average Bonchev–Trinajstić information content (AvgIpc) is 3.27. The summed E-state index contributed by atoms with van der Waals surface area (Å²) in [5.74, 6) is -0.0200. The lowest BCUT2D eigenvalue weighted by molar-refractivity contribution is -0.124. The molecule has 0 unspecified atom stereocenters. The SMILES string of the molecule is CC(C)c1ccccc1NC(=O)CCC(=O)N[C@@H](C)c1ccccc1-n1cccn1. The summed E-state index contributed by atoms with van der Waals surface area (Å²) < 4.78 is 1.78. The molecule has 2 N–H and O–H groups in total. The summed E-state index contributed by atoms with van der Waals surface area (Å²) in [6.07, 6.45) is 3.85. The Morgan fingerprint density at radius 1 is 0.900 bits per heavy atom. The summed E-state index contributed by atoms with van der Waals surface area (Å²) in [5, 5.41) is 10.2. The maximum atomic E-state index is 12.4. The highest BCUT2D eigenvalue weighted by Gasteiger charge is 2.16. The van der Waals surface area contributed by atoms with Crippen molar-refractivity contribution in [3.8, 4) is 5.69 Å². The fraction of sp³-hybridized carbons (Fsp3) is 0.292. The van der Waals surface area contributed by atoms with Crippen LogP contribution in [0.4, 0.5) is 5.69 Å². The Kier molecular flexibility index (Phi) is 7.01. The summed E-state index contributed by atoms with van der Waals surface area (Å²) in [4.78, 5) is 24.8. The lowest BCUT2D eigenvalue weighted by Crippen LogP contribution is -2.28. The molecule has 0 fully saturated rings. The quantitative estimate of drug-likeness (QED) is 0.576. The Hall–Kier alpha value is -3.41. The Morgan fingerprint density at radius 2 is 1.57 bits per heavy atom. The summed E-state index contributed by atoms with van der Waals surface area (Å²) in [7, 11) is 0. The predicted molar refractivity (Wildman–Crippen MR) is 119 cm³/mol. The number of hydrogen-bond donors (Lipinski definition) is 2. The first-order valence-electron chi connectivity index (χ1n) is 10.2. The van der Waals surface area contributed by atoms with Gasteiger partial charge >= 0.3 is 0 Å². The Labute approximate surface area is 177 Å². The third-order valence-corrected chi connectivity index (χ3v) is 4.97. The number of anilines is 1. The molecule has 2 amide bonds. The van der Waals surface area contributed by atoms with E-state index in [0.717, 1.165) is 22.5 Å². The van der Waals surface area contributed by atoms with Crippen LogP contribution in [-0.4, -0.2) is 21.6 Å². The van der Waals surface area contributed by atoms with Gasteiger partial charge in [0, 0.05) is 30.9 Å². The first-order chi connectivity index (χ1) is 14.5. The van der Waals surface area contributed by atoms with Gasteiger partial charge in [0.2, 0.25) is 11.8 Å². The van der Waals surface area contributed by atoms with Crippen molar-refractivity contribution < 1.29 is 9.59 Å². The van der Waals surface area contributed by atoms with Crippen LogP contribution in [0.3, 0.4) is 0 Å². The fourth-order valence-electron chi connectivity index (χ4n) is 3.42. The Morgan fingerprint density at radius 3 is 2.27 bits per heavy atom. The second-order valence-electron chi connectivity index (χ2n) is 7.59. The van der Waals surface area contributed by atoms with Gasteiger partial charge in [0.15, 0.2) is 0 Å². The predicted octanol–water partition coefficient (Wildman–Crippen LogP) is 4.59. The van der Waals surface area contributed by atoms with Crippen molar-refractivity contribution in [3.63, 3.8) is 0 Å². The highest BCUT2D eigenvalue weighted by Crippen LogP contribution is 2.24. The van der Waals surface area contributed by atoms with Crippen LogP contribution in [0.5, 0.6) is 0 Å². The molecule has 3 rings (SSSR count). The van der Waals surface area contributed by atoms with Crippen LogP contribution in [0.2, 0.25) is 0 Å². The summed E-state index contributed by atoms with van der Waals surface area (Å²) in [5.41, 5.74) is 3.77. The number of amides is 2. The molecule has 0 bridgehead atoms. The van der Waals surface area contributed by atoms with E-state index < -0.39 is 0 Å². The first kappa shape index (κ1) is 21.3. The number of nitrogens with one attached hydrogen (secondary N) is 2. The van der Waals surface area contributed by atoms with Gasteiger partial charge < -0.3 is 10.6 Å². The fourth-order valence-corrected chi connectivity index (χ4v) is 3.42. The van der Waals surface area contributed by atoms with Crippen LogP contribution in [0, 0.1) is 0 Å². The van der Waals surface area contributed by atoms with Gasteiger partial charge in [0.05, 0.1) is 11.7 Å². The largest absolute Gasteiger partial charge is 0.349 e. The van der Waals surface area contributed by atoms with Crippen molar-refractivity contribution in [1.82, 2.24) is 15.1 Å². The second-order valence-corrected chi connectivity index (χ2v) is 7.59. The maximum Gasteiger partial charge on any atom is 0.224 e. The molecule has 0 saturated carbocycles. The first-order valence-corrected chi connectivity index (χ1v) is 10.2. The minimum Gasteiger partial charge on any atom is -0.349 e. The van der Waals surface area contributed by atoms with Crippen molar-refractivity contribution in [2.75, 3.05) is 5.32 Å². The van der Waals surface area contributed by atoms with Crippen molar-refractivity contribution in [2.45, 2.75) is 45.6 Å². The number of aromatic nitrogens is 2. The second kappa shape index (κ2) is 9.87. The van der Waals surface area contributed by atoms with Crippen molar-refractivity contribution >= 4 is 17.5 Å². The van der Waals surface area contributed by atoms with Gasteiger partial charge in [-0.25, -0.2) is 4.68 Å². The molecule has 3 aromatic rings. The smallest absolute Gasteiger partial charge is 0.224 e. The molecule has 30 heavy (non-hydrogen) atoms. The molecule has 0 radical (unpaired) electrons. The van der Waals surface area contributed by atoms with Crippen molar-refractivity contribution in [3.05, 3.63) is 78.1 Å². The average molecular weight is 405 g/mol. The van der Waals surface area contributed by atoms with Crippen LogP contribution in [0.1, 0.15) is 56.7 Å². The molecule has 6 nitrogen and oxygen atoms in total. The number of carbonyl (C=O) groups is 2. The number of para-hydroxylation sites is 2. The van der Waals surface area contributed by atoms with E-state index in [1.165, 1.54) is 0 Å². The standard InChI is InChI=1S/C24H28N4O2/c1-17(2)19-9-4-6-11-21(19)27-24(30)14-13-23(29)26-18(3)20-10-5-7-12-22(20)28-16-8-15-25-28/h4-12,15-18H,13-14H2,1-3H3,(H,26,29)(H,27,30)/t18-/m0/s1. The molecule has 1 atom stereocenters. The van der Waals surface area contributed by atoms with Crippen molar-refractivity contribution in [2.24, 2.45) is 0 Å². The molecular weight excluding hydrogens is 376 g/mol. The van der Waals surface area contributed by atoms with Crippen LogP contribution in [0.25, 0.3) is 5.69 Å². The van der Waals surface area contributed by atoms with Crippen LogP contribution in [-0.2, 0) is 9.59 Å². The van der Waals surface area contributed by atoms with Crippen LogP contribution in [0.15, 0.2) is 67.0 Å². The minimum absolute atomic E-state index is 0.129. The molecule has 0 saturated heterocycles. The maximum absolute atomic E-state index is 12.4. The number of rotatable bonds is 8. The Balaban J connectivity index is 1.56. The normalized spacial score (nSPS) is 11.9. The summed E-state index contributed by atoms with van der Waals surface area (Å²) in [6, 6.07) is 17.2. The van der Waals surface area contributed by atoms with E-state index in [1.54, 1.807) is 10.9 Å². The number of hydrogen-bond acceptors (Lipinski definition) is 3. The third-order valence-electron chi connectivity index (χ3n) is 4.97. The van der Waals surface area contributed by atoms with Gasteiger partial charge in [-0.05, 0) is 42.2 Å². The molecule has 1 aromatic heterocycles. The molecule has 0 aliphatic carbocycles. The van der Waals surface area contributed by atoms with Crippen LogP contribution < -0.4 is 10.6 Å². The van der Waals surface area contributed by atoms with E-state index in [0.29, 0.717) is 5.92 Å². The summed E-state index contributed by atoms with van der Waals surface area (Å²) in [6.45, 7) is 6.10. The molecule has 0 aliphatic heterocycles. The monoisotopic (exact) mass is 404 g/mol. The van der Waals surface area contributed by atoms with Gasteiger partial charge in [0.25, 0.3) is 0 Å². The van der Waals surface area contributed by atoms with E-state index in [2.05, 4.69) is 29.6 Å². The van der Waals surface area contributed by atoms with Gasteiger partial charge in [-0.15, -0.1) is 0 Å². The van der Waals surface area contributed by atoms with E-state index in [1.807, 2.05) is 67.7 Å². The molecule has 0 spiro atoms. The number of benzene rings is 2. The molecule has 156 valence electrons. The van der Waals surface area contributed by atoms with Gasteiger partial charge in [-0.1, -0.05) is 50.2 Å². The van der Waals surface area contributed by atoms with Gasteiger partial charge in [0.1, 0.15) is 0 Å². The van der Waals surface area contributed by atoms with E-state index in [9.17, 15) is 9.59 Å². The van der Waals surface area contributed by atoms with E-state index in [4.69, 9.17) is 0 Å². The van der Waals surface area contributed by atoms with Gasteiger partial charge in [-0.2, -0.15) is 5.10 Å². The van der Waals surface area contributed by atoms with Gasteiger partial charge in [-0.3, -0.25) is 9.59 Å². The zero-order valence-corrected chi connectivity index (χ0v) is 17.6. The lowest BCUT2D eigenvalue weighted by atomic mass is 10.0. The molecule has 0 aliphatic rings. The molecule has 2 aromatic carbocycles.